The molecule has 1 aliphatic rings. The molecule has 8 heteroatoms. The van der Waals surface area contributed by atoms with Gasteiger partial charge in [-0.2, -0.15) is 0 Å². The minimum atomic E-state index is -0.947. The molecule has 0 aliphatic carbocycles. The quantitative estimate of drug-likeness (QED) is 0.549. The molecule has 1 amide bonds. The van der Waals surface area contributed by atoms with Crippen LogP contribution in [0.5, 0.6) is 0 Å². The van der Waals surface area contributed by atoms with Crippen LogP contribution in [0.2, 0.25) is 0 Å². The van der Waals surface area contributed by atoms with E-state index in [0.29, 0.717) is 41.8 Å². The highest BCUT2D eigenvalue weighted by atomic mass is 32.2. The summed E-state index contributed by atoms with van der Waals surface area (Å²) in [6.45, 7) is 12.3. The fourth-order valence-corrected chi connectivity index (χ4v) is 4.24. The van der Waals surface area contributed by atoms with Crippen LogP contribution in [0.15, 0.2) is 32.9 Å². The van der Waals surface area contributed by atoms with Gasteiger partial charge in [0.05, 0.1) is 6.04 Å². The third-order valence-electron chi connectivity index (χ3n) is 4.47. The lowest BCUT2D eigenvalue weighted by Crippen LogP contribution is -2.40. The summed E-state index contributed by atoms with van der Waals surface area (Å²) in [7, 11) is 0. The molecule has 0 spiro atoms. The van der Waals surface area contributed by atoms with Gasteiger partial charge in [-0.15, -0.1) is 11.8 Å². The van der Waals surface area contributed by atoms with Crippen molar-refractivity contribution in [2.45, 2.75) is 58.4 Å². The Kier molecular flexibility index (Phi) is 8.67. The number of aliphatic imine (C=N–C) groups is 1. The van der Waals surface area contributed by atoms with E-state index >= 15 is 0 Å². The molecule has 1 aromatic heterocycles. The Hall–Kier alpha value is -1.90. The monoisotopic (exact) mass is 422 g/mol. The van der Waals surface area contributed by atoms with E-state index in [1.165, 1.54) is 17.8 Å². The zero-order chi connectivity index (χ0) is 21.4. The van der Waals surface area contributed by atoms with Gasteiger partial charge in [-0.25, -0.2) is 4.79 Å². The van der Waals surface area contributed by atoms with Gasteiger partial charge in [0.15, 0.2) is 0 Å². The molecule has 1 N–H and O–H groups in total. The summed E-state index contributed by atoms with van der Waals surface area (Å²) >= 11 is 1.46. The molecule has 2 unspecified atom stereocenters. The second kappa shape index (κ2) is 10.8. The highest BCUT2D eigenvalue weighted by Crippen LogP contribution is 2.30. The van der Waals surface area contributed by atoms with Crippen molar-refractivity contribution in [3.63, 3.8) is 0 Å². The van der Waals surface area contributed by atoms with Crippen LogP contribution < -0.4 is 10.9 Å². The van der Waals surface area contributed by atoms with Crippen LogP contribution in [0.3, 0.4) is 0 Å². The predicted octanol–water partition coefficient (Wildman–Crippen LogP) is 3.54. The lowest BCUT2D eigenvalue weighted by Gasteiger charge is -2.28. The summed E-state index contributed by atoms with van der Waals surface area (Å²) in [6, 6.07) is 2.14. The van der Waals surface area contributed by atoms with E-state index in [4.69, 9.17) is 13.9 Å². The van der Waals surface area contributed by atoms with Crippen molar-refractivity contribution < 1.29 is 18.7 Å². The number of nitrogens with one attached hydrogen (secondary N) is 1. The van der Waals surface area contributed by atoms with Gasteiger partial charge in [0.2, 0.25) is 11.7 Å². The van der Waals surface area contributed by atoms with E-state index in [0.717, 1.165) is 6.42 Å². The summed E-state index contributed by atoms with van der Waals surface area (Å²) in [5, 5.41) is 3.64. The Morgan fingerprint density at radius 2 is 2.10 bits per heavy atom. The van der Waals surface area contributed by atoms with E-state index < -0.39 is 23.5 Å². The van der Waals surface area contributed by atoms with E-state index in [1.54, 1.807) is 12.1 Å². The maximum absolute atomic E-state index is 12.9. The van der Waals surface area contributed by atoms with Crippen molar-refractivity contribution in [1.82, 2.24) is 5.32 Å². The third-order valence-corrected chi connectivity index (χ3v) is 5.70. The Morgan fingerprint density at radius 3 is 2.69 bits per heavy atom. The van der Waals surface area contributed by atoms with Gasteiger partial charge in [0.1, 0.15) is 16.8 Å². The number of ether oxygens (including phenoxy) is 2. The first kappa shape index (κ1) is 23.4. The second-order valence-electron chi connectivity index (χ2n) is 6.74. The van der Waals surface area contributed by atoms with Gasteiger partial charge in [-0.1, -0.05) is 26.0 Å². The van der Waals surface area contributed by atoms with Crippen LogP contribution in [0.4, 0.5) is 0 Å². The molecule has 29 heavy (non-hydrogen) atoms. The fraction of sp³-hybridized carbons (Fsp3) is 0.571. The highest BCUT2D eigenvalue weighted by Gasteiger charge is 2.39. The zero-order valence-electron chi connectivity index (χ0n) is 17.5. The van der Waals surface area contributed by atoms with Gasteiger partial charge in [0.25, 0.3) is 0 Å². The first-order valence-corrected chi connectivity index (χ1v) is 10.9. The van der Waals surface area contributed by atoms with Crippen molar-refractivity contribution >= 4 is 28.8 Å². The standard InChI is InChI=1S/C21H30N2O5S/c1-6-10-15(17-11-14(7-2)12-18(24)28-17)22-19(25)16-13-29-20(23-16)21(5,26-8-3)27-9-4/h7,11-12,15-16H,2,6,8-10,13H2,1,3-5H3,(H,22,25). The number of hydrogen-bond donors (Lipinski definition) is 1. The Morgan fingerprint density at radius 1 is 1.41 bits per heavy atom. The van der Waals surface area contributed by atoms with Gasteiger partial charge >= 0.3 is 5.63 Å². The molecule has 7 nitrogen and oxygen atoms in total. The summed E-state index contributed by atoms with van der Waals surface area (Å²) in [5.74, 6) is -0.234. The van der Waals surface area contributed by atoms with Crippen LogP contribution in [-0.2, 0) is 14.3 Å². The third kappa shape index (κ3) is 6.04. The molecule has 0 fully saturated rings. The average molecular weight is 423 g/mol. The van der Waals surface area contributed by atoms with Crippen molar-refractivity contribution in [3.05, 3.63) is 40.5 Å². The van der Waals surface area contributed by atoms with Crippen molar-refractivity contribution in [2.24, 2.45) is 4.99 Å². The number of rotatable bonds is 11. The number of carbonyl (C=O) groups is 1. The topological polar surface area (TPSA) is 90.1 Å². The normalized spacial score (nSPS) is 17.7. The molecule has 2 atom stereocenters. The molecule has 0 bridgehead atoms. The van der Waals surface area contributed by atoms with E-state index in [9.17, 15) is 9.59 Å². The fourth-order valence-electron chi connectivity index (χ4n) is 3.12. The van der Waals surface area contributed by atoms with Crippen LogP contribution in [0, 0.1) is 0 Å². The number of hydrogen-bond acceptors (Lipinski definition) is 7. The molecule has 0 aromatic carbocycles. The van der Waals surface area contributed by atoms with Gasteiger partial charge in [0, 0.05) is 25.0 Å². The molecule has 2 heterocycles. The van der Waals surface area contributed by atoms with Crippen LogP contribution in [0.25, 0.3) is 6.08 Å². The summed E-state index contributed by atoms with van der Waals surface area (Å²) in [4.78, 5) is 29.3. The Bertz CT molecular complexity index is 799. The van der Waals surface area contributed by atoms with Crippen molar-refractivity contribution in [2.75, 3.05) is 19.0 Å². The summed E-state index contributed by atoms with van der Waals surface area (Å²) in [5.41, 5.74) is 0.196. The average Bonchev–Trinajstić information content (AvgIpc) is 3.18. The molecular formula is C21H30N2O5S. The maximum Gasteiger partial charge on any atom is 0.336 e. The van der Waals surface area contributed by atoms with Crippen molar-refractivity contribution in [3.8, 4) is 0 Å². The first-order chi connectivity index (χ1) is 13.9. The molecule has 160 valence electrons. The largest absolute Gasteiger partial charge is 0.426 e. The van der Waals surface area contributed by atoms with E-state index in [1.807, 2.05) is 27.7 Å². The zero-order valence-corrected chi connectivity index (χ0v) is 18.3. The van der Waals surface area contributed by atoms with Crippen LogP contribution in [0.1, 0.15) is 57.9 Å². The molecule has 0 radical (unpaired) electrons. The minimum absolute atomic E-state index is 0.215. The Labute approximate surface area is 175 Å². The number of carbonyl (C=O) groups excluding carboxylic acids is 1. The van der Waals surface area contributed by atoms with Gasteiger partial charge < -0.3 is 19.2 Å². The SMILES string of the molecule is C=Cc1cc(C(CCC)NC(=O)C2CSC(C(C)(OCC)OCC)=N2)oc(=O)c1. The summed E-state index contributed by atoms with van der Waals surface area (Å²) < 4.78 is 16.8. The molecular weight excluding hydrogens is 392 g/mol. The maximum atomic E-state index is 12.9. The second-order valence-corrected chi connectivity index (χ2v) is 7.75. The van der Waals surface area contributed by atoms with E-state index in [2.05, 4.69) is 16.9 Å². The Balaban J connectivity index is 2.18. The molecule has 0 saturated carbocycles. The smallest absolute Gasteiger partial charge is 0.336 e. The number of thioether (sulfide) groups is 1. The number of nitrogens with zero attached hydrogens (tertiary/aromatic N) is 1. The molecule has 1 aliphatic heterocycles. The molecule has 1 aromatic rings. The van der Waals surface area contributed by atoms with Crippen LogP contribution >= 0.6 is 11.8 Å². The predicted molar refractivity (Wildman–Crippen MR) is 116 cm³/mol. The van der Waals surface area contributed by atoms with E-state index in [-0.39, 0.29) is 5.91 Å². The lowest BCUT2D eigenvalue weighted by molar-refractivity contribution is -0.168. The highest BCUT2D eigenvalue weighted by molar-refractivity contribution is 8.14. The van der Waals surface area contributed by atoms with Gasteiger partial charge in [-0.3, -0.25) is 9.79 Å². The summed E-state index contributed by atoms with van der Waals surface area (Å²) in [6.07, 6.45) is 3.03. The molecule has 0 saturated heterocycles. The van der Waals surface area contributed by atoms with Gasteiger partial charge in [-0.05, 0) is 38.8 Å². The number of amides is 1. The minimum Gasteiger partial charge on any atom is -0.426 e. The van der Waals surface area contributed by atoms with Crippen molar-refractivity contribution in [1.29, 1.82) is 0 Å². The molecule has 2 rings (SSSR count). The first-order valence-electron chi connectivity index (χ1n) is 9.93. The van der Waals surface area contributed by atoms with Crippen LogP contribution in [-0.4, -0.2) is 41.7 Å². The lowest BCUT2D eigenvalue weighted by atomic mass is 10.1.